The molecule has 7 heteroatoms. The number of piperazine rings is 1. The number of urea groups is 1. The monoisotopic (exact) mass is 349 g/mol. The van der Waals surface area contributed by atoms with Crippen LogP contribution in [0.25, 0.3) is 0 Å². The molecule has 2 fully saturated rings. The van der Waals surface area contributed by atoms with Gasteiger partial charge in [-0.05, 0) is 32.2 Å². The standard InChI is InChI=1S/C18H31N5O2/c1-15-4-3-6-21(13-15)7-5-19-18(24)23-10-8-22(9-11-23)14-17-12-16(2)25-20-17/h12,15H,3-11,13-14H2,1-2H3,(H,19,24). The summed E-state index contributed by atoms with van der Waals surface area (Å²) in [5, 5.41) is 7.12. The van der Waals surface area contributed by atoms with E-state index in [0.29, 0.717) is 0 Å². The molecule has 3 heterocycles. The van der Waals surface area contributed by atoms with E-state index in [9.17, 15) is 4.79 Å². The lowest BCUT2D eigenvalue weighted by Gasteiger charge is -2.34. The van der Waals surface area contributed by atoms with Crippen molar-refractivity contribution in [3.63, 3.8) is 0 Å². The molecule has 0 spiro atoms. The second kappa shape index (κ2) is 8.67. The minimum Gasteiger partial charge on any atom is -0.361 e. The minimum atomic E-state index is 0.0713. The van der Waals surface area contributed by atoms with E-state index in [0.717, 1.165) is 69.7 Å². The number of aryl methyl sites for hydroxylation is 1. The Bertz CT molecular complexity index is 553. The van der Waals surface area contributed by atoms with E-state index in [-0.39, 0.29) is 6.03 Å². The normalized spacial score (nSPS) is 23.0. The molecule has 1 atom stereocenters. The van der Waals surface area contributed by atoms with Gasteiger partial charge in [-0.1, -0.05) is 12.1 Å². The van der Waals surface area contributed by atoms with Gasteiger partial charge in [0.05, 0.1) is 5.69 Å². The molecular formula is C18H31N5O2. The summed E-state index contributed by atoms with van der Waals surface area (Å²) in [4.78, 5) is 19.0. The van der Waals surface area contributed by atoms with E-state index < -0.39 is 0 Å². The molecule has 0 saturated carbocycles. The van der Waals surface area contributed by atoms with Gasteiger partial charge in [-0.3, -0.25) is 4.90 Å². The minimum absolute atomic E-state index is 0.0713. The molecule has 25 heavy (non-hydrogen) atoms. The second-order valence-corrected chi connectivity index (χ2v) is 7.47. The third kappa shape index (κ3) is 5.44. The maximum absolute atomic E-state index is 12.3. The molecule has 1 aromatic heterocycles. The molecule has 2 aliphatic heterocycles. The maximum atomic E-state index is 12.3. The number of nitrogens with one attached hydrogen (secondary N) is 1. The average molecular weight is 349 g/mol. The number of hydrogen-bond donors (Lipinski definition) is 1. The van der Waals surface area contributed by atoms with Crippen LogP contribution in [0, 0.1) is 12.8 Å². The molecule has 0 aromatic carbocycles. The van der Waals surface area contributed by atoms with Crippen LogP contribution < -0.4 is 5.32 Å². The lowest BCUT2D eigenvalue weighted by Crippen LogP contribution is -2.52. The van der Waals surface area contributed by atoms with Crippen LogP contribution in [0.5, 0.6) is 0 Å². The second-order valence-electron chi connectivity index (χ2n) is 7.47. The van der Waals surface area contributed by atoms with Crippen molar-refractivity contribution in [3.05, 3.63) is 17.5 Å². The summed E-state index contributed by atoms with van der Waals surface area (Å²) < 4.78 is 5.11. The highest BCUT2D eigenvalue weighted by Gasteiger charge is 2.22. The Labute approximate surface area is 150 Å². The average Bonchev–Trinajstić information content (AvgIpc) is 3.00. The van der Waals surface area contributed by atoms with Crippen LogP contribution in [-0.2, 0) is 6.54 Å². The first-order valence-corrected chi connectivity index (χ1v) is 9.50. The third-order valence-corrected chi connectivity index (χ3v) is 5.17. The van der Waals surface area contributed by atoms with Crippen molar-refractivity contribution >= 4 is 6.03 Å². The highest BCUT2D eigenvalue weighted by molar-refractivity contribution is 5.74. The summed E-state index contributed by atoms with van der Waals surface area (Å²) in [5.74, 6) is 1.63. The molecule has 1 aromatic rings. The SMILES string of the molecule is Cc1cc(CN2CCN(C(=O)NCCN3CCCC(C)C3)CC2)no1. The van der Waals surface area contributed by atoms with Crippen molar-refractivity contribution in [1.82, 2.24) is 25.2 Å². The van der Waals surface area contributed by atoms with Gasteiger partial charge in [-0.2, -0.15) is 0 Å². The zero-order valence-corrected chi connectivity index (χ0v) is 15.5. The third-order valence-electron chi connectivity index (χ3n) is 5.17. The van der Waals surface area contributed by atoms with Gasteiger partial charge in [-0.15, -0.1) is 0 Å². The first kappa shape index (κ1) is 18.2. The number of carbonyl (C=O) groups is 1. The van der Waals surface area contributed by atoms with E-state index in [4.69, 9.17) is 4.52 Å². The number of aromatic nitrogens is 1. The molecule has 1 N–H and O–H groups in total. The van der Waals surface area contributed by atoms with Gasteiger partial charge in [0.2, 0.25) is 0 Å². The van der Waals surface area contributed by atoms with Crippen LogP contribution >= 0.6 is 0 Å². The smallest absolute Gasteiger partial charge is 0.317 e. The first-order chi connectivity index (χ1) is 12.1. The first-order valence-electron chi connectivity index (χ1n) is 9.50. The maximum Gasteiger partial charge on any atom is 0.317 e. The number of carbonyl (C=O) groups excluding carboxylic acids is 1. The van der Waals surface area contributed by atoms with Gasteiger partial charge >= 0.3 is 6.03 Å². The van der Waals surface area contributed by atoms with Crippen LogP contribution in [0.1, 0.15) is 31.2 Å². The van der Waals surface area contributed by atoms with Crippen molar-refractivity contribution in [2.24, 2.45) is 5.92 Å². The molecule has 2 amide bonds. The zero-order valence-electron chi connectivity index (χ0n) is 15.5. The Kier molecular flexibility index (Phi) is 6.31. The fraction of sp³-hybridized carbons (Fsp3) is 0.778. The van der Waals surface area contributed by atoms with E-state index in [1.807, 2.05) is 17.9 Å². The Morgan fingerprint density at radius 2 is 2.08 bits per heavy atom. The lowest BCUT2D eigenvalue weighted by molar-refractivity contribution is 0.131. The van der Waals surface area contributed by atoms with Crippen LogP contribution in [0.3, 0.4) is 0 Å². The molecule has 2 aliphatic rings. The van der Waals surface area contributed by atoms with Crippen molar-refractivity contribution in [2.75, 3.05) is 52.4 Å². The van der Waals surface area contributed by atoms with Gasteiger partial charge < -0.3 is 19.6 Å². The molecule has 1 unspecified atom stereocenters. The number of nitrogens with zero attached hydrogens (tertiary/aromatic N) is 4. The highest BCUT2D eigenvalue weighted by Crippen LogP contribution is 2.14. The van der Waals surface area contributed by atoms with Crippen molar-refractivity contribution in [1.29, 1.82) is 0 Å². The Hall–Kier alpha value is -1.60. The van der Waals surface area contributed by atoms with Crippen LogP contribution in [0.2, 0.25) is 0 Å². The van der Waals surface area contributed by atoms with Gasteiger partial charge in [-0.25, -0.2) is 4.79 Å². The lowest BCUT2D eigenvalue weighted by atomic mass is 10.0. The summed E-state index contributed by atoms with van der Waals surface area (Å²) in [5.41, 5.74) is 0.964. The van der Waals surface area contributed by atoms with Gasteiger partial charge in [0.15, 0.2) is 0 Å². The van der Waals surface area contributed by atoms with E-state index in [2.05, 4.69) is 27.2 Å². The van der Waals surface area contributed by atoms with Gasteiger partial charge in [0.1, 0.15) is 5.76 Å². The van der Waals surface area contributed by atoms with Crippen molar-refractivity contribution < 1.29 is 9.32 Å². The topological polar surface area (TPSA) is 64.8 Å². The molecular weight excluding hydrogens is 318 g/mol. The fourth-order valence-electron chi connectivity index (χ4n) is 3.75. The number of rotatable bonds is 5. The quantitative estimate of drug-likeness (QED) is 0.874. The van der Waals surface area contributed by atoms with E-state index in [1.54, 1.807) is 0 Å². The predicted octanol–water partition coefficient (Wildman–Crippen LogP) is 1.54. The number of piperidine rings is 1. The fourth-order valence-corrected chi connectivity index (χ4v) is 3.75. The summed E-state index contributed by atoms with van der Waals surface area (Å²) >= 11 is 0. The molecule has 0 bridgehead atoms. The molecule has 3 rings (SSSR count). The van der Waals surface area contributed by atoms with Crippen molar-refractivity contribution in [2.45, 2.75) is 33.2 Å². The van der Waals surface area contributed by atoms with E-state index in [1.165, 1.54) is 19.4 Å². The summed E-state index contributed by atoms with van der Waals surface area (Å²) in [7, 11) is 0. The van der Waals surface area contributed by atoms with Crippen molar-refractivity contribution in [3.8, 4) is 0 Å². The Morgan fingerprint density at radius 1 is 1.28 bits per heavy atom. The molecule has 0 radical (unpaired) electrons. The summed E-state index contributed by atoms with van der Waals surface area (Å²) in [6.07, 6.45) is 2.61. The zero-order chi connectivity index (χ0) is 17.6. The molecule has 2 saturated heterocycles. The van der Waals surface area contributed by atoms with Gasteiger partial charge in [0.25, 0.3) is 0 Å². The molecule has 7 nitrogen and oxygen atoms in total. The summed E-state index contributed by atoms with van der Waals surface area (Å²) in [6.45, 7) is 12.3. The van der Waals surface area contributed by atoms with Crippen LogP contribution in [-0.4, -0.2) is 78.2 Å². The highest BCUT2D eigenvalue weighted by atomic mass is 16.5. The number of likely N-dealkylation sites (tertiary alicyclic amines) is 1. The largest absolute Gasteiger partial charge is 0.361 e. The molecule has 0 aliphatic carbocycles. The predicted molar refractivity (Wildman–Crippen MR) is 96.3 cm³/mol. The Morgan fingerprint density at radius 3 is 2.76 bits per heavy atom. The van der Waals surface area contributed by atoms with Crippen LogP contribution in [0.15, 0.2) is 10.6 Å². The molecule has 140 valence electrons. The summed E-state index contributed by atoms with van der Waals surface area (Å²) in [6, 6.07) is 2.04. The Balaban J connectivity index is 1.32. The van der Waals surface area contributed by atoms with Gasteiger partial charge in [0, 0.05) is 58.4 Å². The van der Waals surface area contributed by atoms with E-state index >= 15 is 0 Å². The number of amides is 2. The van der Waals surface area contributed by atoms with Crippen LogP contribution in [0.4, 0.5) is 4.79 Å². The number of hydrogen-bond acceptors (Lipinski definition) is 5.